The first-order valence-electron chi connectivity index (χ1n) is 8.37. The van der Waals surface area contributed by atoms with Crippen molar-refractivity contribution in [3.05, 3.63) is 36.0 Å². The predicted molar refractivity (Wildman–Crippen MR) is 92.4 cm³/mol. The molecule has 4 rings (SSSR count). The number of benzene rings is 1. The highest BCUT2D eigenvalue weighted by atomic mass is 16.2. The number of para-hydroxylation sites is 1. The Kier molecular flexibility index (Phi) is 2.96. The smallest absolute Gasteiger partial charge is 0.287 e. The number of nitrogens with one attached hydrogen (secondary N) is 2. The molecule has 120 valence electrons. The summed E-state index contributed by atoms with van der Waals surface area (Å²) in [7, 11) is 0. The molecular formula is C19H23N3O. The molecule has 0 saturated heterocycles. The number of rotatable bonds is 2. The van der Waals surface area contributed by atoms with Crippen molar-refractivity contribution in [3.8, 4) is 0 Å². The third-order valence-electron chi connectivity index (χ3n) is 6.58. The minimum Gasteiger partial charge on any atom is -0.350 e. The van der Waals surface area contributed by atoms with Crippen LogP contribution in [0.5, 0.6) is 0 Å². The van der Waals surface area contributed by atoms with Gasteiger partial charge in [0.15, 0.2) is 0 Å². The Bertz CT molecular complexity index is 784. The Balaban J connectivity index is 1.56. The summed E-state index contributed by atoms with van der Waals surface area (Å²) in [4.78, 5) is 15.5. The van der Waals surface area contributed by atoms with Gasteiger partial charge >= 0.3 is 0 Å². The summed E-state index contributed by atoms with van der Waals surface area (Å²) in [5.74, 6) is 0.522. The molecule has 2 bridgehead atoms. The number of H-pyrrole nitrogens is 1. The van der Waals surface area contributed by atoms with Crippen LogP contribution < -0.4 is 5.43 Å². The van der Waals surface area contributed by atoms with Crippen LogP contribution in [0.3, 0.4) is 0 Å². The number of hydrogen-bond acceptors (Lipinski definition) is 2. The van der Waals surface area contributed by atoms with Crippen LogP contribution in [0.4, 0.5) is 0 Å². The van der Waals surface area contributed by atoms with Gasteiger partial charge in [-0.25, -0.2) is 5.43 Å². The zero-order valence-corrected chi connectivity index (χ0v) is 13.9. The van der Waals surface area contributed by atoms with Crippen LogP contribution in [0.25, 0.3) is 10.9 Å². The lowest BCUT2D eigenvalue weighted by molar-refractivity contribution is 0.0949. The molecule has 2 aromatic rings. The summed E-state index contributed by atoms with van der Waals surface area (Å²) >= 11 is 0. The van der Waals surface area contributed by atoms with E-state index in [4.69, 9.17) is 0 Å². The lowest BCUT2D eigenvalue weighted by Gasteiger charge is -2.34. The van der Waals surface area contributed by atoms with Gasteiger partial charge in [0, 0.05) is 22.0 Å². The fraction of sp³-hybridized carbons (Fsp3) is 0.474. The molecule has 2 saturated carbocycles. The number of aromatic nitrogens is 1. The zero-order valence-electron chi connectivity index (χ0n) is 13.9. The molecule has 0 unspecified atom stereocenters. The molecule has 4 nitrogen and oxygen atoms in total. The minimum atomic E-state index is -0.169. The molecule has 2 fully saturated rings. The van der Waals surface area contributed by atoms with Crippen LogP contribution in [-0.2, 0) is 0 Å². The molecule has 2 N–H and O–H groups in total. The molecule has 0 spiro atoms. The number of hydrazone groups is 1. The van der Waals surface area contributed by atoms with Crippen LogP contribution in [-0.4, -0.2) is 16.6 Å². The van der Waals surface area contributed by atoms with Crippen molar-refractivity contribution in [2.24, 2.45) is 21.8 Å². The number of hydrogen-bond donors (Lipinski definition) is 2. The highest BCUT2D eigenvalue weighted by molar-refractivity contribution is 6.00. The normalized spacial score (nSPS) is 30.2. The lowest BCUT2D eigenvalue weighted by Crippen LogP contribution is -2.34. The van der Waals surface area contributed by atoms with Gasteiger partial charge in [0.1, 0.15) is 5.69 Å². The van der Waals surface area contributed by atoms with Crippen LogP contribution in [0.1, 0.15) is 50.5 Å². The van der Waals surface area contributed by atoms with Gasteiger partial charge in [-0.05, 0) is 42.7 Å². The SMILES string of the molecule is CC1(C)[C@H]2CC[C@@]1(C)/C(=N/NC(=O)c1cc3ccccc3[nH]1)C2. The number of amides is 1. The van der Waals surface area contributed by atoms with Gasteiger partial charge in [0.05, 0.1) is 0 Å². The maximum absolute atomic E-state index is 12.4. The maximum atomic E-state index is 12.4. The van der Waals surface area contributed by atoms with Crippen molar-refractivity contribution in [2.45, 2.75) is 40.0 Å². The lowest BCUT2D eigenvalue weighted by atomic mass is 9.70. The quantitative estimate of drug-likeness (QED) is 0.806. The van der Waals surface area contributed by atoms with E-state index in [1.54, 1.807) is 0 Å². The molecule has 0 aliphatic heterocycles. The number of carbonyl (C=O) groups excluding carboxylic acids is 1. The van der Waals surface area contributed by atoms with Crippen molar-refractivity contribution < 1.29 is 4.79 Å². The summed E-state index contributed by atoms with van der Waals surface area (Å²) in [6.45, 7) is 6.98. The Labute approximate surface area is 136 Å². The minimum absolute atomic E-state index is 0.116. The summed E-state index contributed by atoms with van der Waals surface area (Å²) in [6, 6.07) is 9.76. The Morgan fingerprint density at radius 3 is 2.74 bits per heavy atom. The van der Waals surface area contributed by atoms with E-state index >= 15 is 0 Å². The molecule has 2 atom stereocenters. The molecule has 1 aromatic carbocycles. The Morgan fingerprint density at radius 1 is 1.30 bits per heavy atom. The molecule has 23 heavy (non-hydrogen) atoms. The fourth-order valence-corrected chi connectivity index (χ4v) is 4.47. The van der Waals surface area contributed by atoms with Gasteiger partial charge in [-0.15, -0.1) is 0 Å². The van der Waals surface area contributed by atoms with Crippen molar-refractivity contribution in [1.29, 1.82) is 0 Å². The average Bonchev–Trinajstić information content (AvgIpc) is 3.11. The van der Waals surface area contributed by atoms with Crippen LogP contribution in [0.15, 0.2) is 35.4 Å². The largest absolute Gasteiger partial charge is 0.350 e. The van der Waals surface area contributed by atoms with Gasteiger partial charge in [-0.3, -0.25) is 4.79 Å². The van der Waals surface area contributed by atoms with Gasteiger partial charge in [0.25, 0.3) is 5.91 Å². The fourth-order valence-electron chi connectivity index (χ4n) is 4.47. The Hall–Kier alpha value is -2.10. The van der Waals surface area contributed by atoms with Crippen molar-refractivity contribution in [1.82, 2.24) is 10.4 Å². The molecule has 2 aliphatic rings. The summed E-state index contributed by atoms with van der Waals surface area (Å²) < 4.78 is 0. The first kappa shape index (κ1) is 14.5. The number of aromatic amines is 1. The van der Waals surface area contributed by atoms with Crippen LogP contribution in [0, 0.1) is 16.7 Å². The third-order valence-corrected chi connectivity index (χ3v) is 6.58. The second kappa shape index (κ2) is 4.70. The second-order valence-electron chi connectivity index (χ2n) is 7.76. The van der Waals surface area contributed by atoms with Crippen molar-refractivity contribution in [3.63, 3.8) is 0 Å². The number of fused-ring (bicyclic) bond motifs is 3. The molecule has 1 heterocycles. The molecule has 0 radical (unpaired) electrons. The van der Waals surface area contributed by atoms with Gasteiger partial charge < -0.3 is 4.98 Å². The van der Waals surface area contributed by atoms with Crippen LogP contribution >= 0.6 is 0 Å². The van der Waals surface area contributed by atoms with E-state index < -0.39 is 0 Å². The monoisotopic (exact) mass is 309 g/mol. The highest BCUT2D eigenvalue weighted by Crippen LogP contribution is 2.63. The molecule has 2 aliphatic carbocycles. The topological polar surface area (TPSA) is 57.2 Å². The predicted octanol–water partition coefficient (Wildman–Crippen LogP) is 4.10. The number of nitrogens with zero attached hydrogens (tertiary/aromatic N) is 1. The summed E-state index contributed by atoms with van der Waals surface area (Å²) in [5.41, 5.74) is 5.84. The van der Waals surface area contributed by atoms with E-state index in [1.165, 1.54) is 12.8 Å². The third kappa shape index (κ3) is 1.97. The molecule has 1 amide bonds. The van der Waals surface area contributed by atoms with E-state index in [2.05, 4.69) is 36.3 Å². The van der Waals surface area contributed by atoms with E-state index in [0.717, 1.165) is 23.0 Å². The van der Waals surface area contributed by atoms with Gasteiger partial charge in [-0.2, -0.15) is 5.10 Å². The maximum Gasteiger partial charge on any atom is 0.287 e. The van der Waals surface area contributed by atoms with Crippen molar-refractivity contribution >= 4 is 22.5 Å². The van der Waals surface area contributed by atoms with E-state index in [1.807, 2.05) is 30.3 Å². The highest BCUT2D eigenvalue weighted by Gasteiger charge is 2.60. The van der Waals surface area contributed by atoms with E-state index in [0.29, 0.717) is 11.6 Å². The molecule has 1 aromatic heterocycles. The first-order chi connectivity index (χ1) is 10.9. The van der Waals surface area contributed by atoms with E-state index in [9.17, 15) is 4.79 Å². The van der Waals surface area contributed by atoms with Crippen molar-refractivity contribution in [2.75, 3.05) is 0 Å². The van der Waals surface area contributed by atoms with Gasteiger partial charge in [0.2, 0.25) is 0 Å². The second-order valence-corrected chi connectivity index (χ2v) is 7.76. The average molecular weight is 309 g/mol. The molecule has 4 heteroatoms. The van der Waals surface area contributed by atoms with Crippen LogP contribution in [0.2, 0.25) is 0 Å². The number of carbonyl (C=O) groups is 1. The summed E-state index contributed by atoms with van der Waals surface area (Å²) in [5, 5.41) is 5.56. The van der Waals surface area contributed by atoms with Gasteiger partial charge in [-0.1, -0.05) is 39.0 Å². The van der Waals surface area contributed by atoms with E-state index in [-0.39, 0.29) is 16.7 Å². The first-order valence-corrected chi connectivity index (χ1v) is 8.37. The summed E-state index contributed by atoms with van der Waals surface area (Å²) in [6.07, 6.45) is 3.46. The zero-order chi connectivity index (χ0) is 16.2. The Morgan fingerprint density at radius 2 is 2.09 bits per heavy atom. The molecular weight excluding hydrogens is 286 g/mol. The standard InChI is InChI=1S/C19H23N3O/c1-18(2)13-8-9-19(18,3)16(11-13)21-22-17(23)15-10-12-6-4-5-7-14(12)20-15/h4-7,10,13,20H,8-9,11H2,1-3H3,(H,22,23)/b21-16+/t13-,19-/m0/s1.